The first kappa shape index (κ1) is 19.5. The third-order valence-electron chi connectivity index (χ3n) is 4.54. The topological polar surface area (TPSA) is 76.7 Å². The van der Waals surface area contributed by atoms with Gasteiger partial charge in [-0.2, -0.15) is 0 Å². The van der Waals surface area contributed by atoms with Gasteiger partial charge in [-0.05, 0) is 50.1 Å². The molecule has 1 heterocycles. The van der Waals surface area contributed by atoms with Crippen LogP contribution in [0, 0.1) is 0 Å². The van der Waals surface area contributed by atoms with Gasteiger partial charge in [0.25, 0.3) is 0 Å². The SMILES string of the molecule is CC[C@H](C)OC(=O)C1=C(C)NC(=O)N[C@@H]1c1cccc(Oc2ccccc2)c1. The first-order valence-electron chi connectivity index (χ1n) is 9.30. The van der Waals surface area contributed by atoms with E-state index in [0.717, 1.165) is 5.56 Å². The fourth-order valence-corrected chi connectivity index (χ4v) is 2.93. The number of benzene rings is 2. The van der Waals surface area contributed by atoms with Gasteiger partial charge in [-0.3, -0.25) is 0 Å². The van der Waals surface area contributed by atoms with Crippen molar-refractivity contribution in [2.75, 3.05) is 0 Å². The standard InChI is InChI=1S/C22H24N2O4/c1-4-14(2)27-21(25)19-15(3)23-22(26)24-20(19)16-9-8-12-18(13-16)28-17-10-6-5-7-11-17/h5-14,20H,4H2,1-3H3,(H2,23,24,26)/t14-,20+/m0/s1. The number of amides is 2. The number of para-hydroxylation sites is 1. The smallest absolute Gasteiger partial charge is 0.338 e. The van der Waals surface area contributed by atoms with Crippen molar-refractivity contribution in [3.63, 3.8) is 0 Å². The fourth-order valence-electron chi connectivity index (χ4n) is 2.93. The Hall–Kier alpha value is -3.28. The van der Waals surface area contributed by atoms with Crippen molar-refractivity contribution in [2.24, 2.45) is 0 Å². The molecule has 0 spiro atoms. The molecule has 2 amide bonds. The van der Waals surface area contributed by atoms with Gasteiger partial charge in [0.15, 0.2) is 0 Å². The van der Waals surface area contributed by atoms with E-state index in [9.17, 15) is 9.59 Å². The van der Waals surface area contributed by atoms with Crippen LogP contribution in [-0.2, 0) is 9.53 Å². The zero-order valence-electron chi connectivity index (χ0n) is 16.2. The van der Waals surface area contributed by atoms with Crippen LogP contribution in [0.4, 0.5) is 4.79 Å². The summed E-state index contributed by atoms with van der Waals surface area (Å²) in [5, 5.41) is 5.47. The highest BCUT2D eigenvalue weighted by atomic mass is 16.5. The molecule has 6 heteroatoms. The Labute approximate surface area is 164 Å². The van der Waals surface area contributed by atoms with Crippen LogP contribution < -0.4 is 15.4 Å². The molecule has 2 atom stereocenters. The average molecular weight is 380 g/mol. The minimum Gasteiger partial charge on any atom is -0.459 e. The van der Waals surface area contributed by atoms with Gasteiger partial charge in [0.05, 0.1) is 17.7 Å². The maximum absolute atomic E-state index is 12.7. The van der Waals surface area contributed by atoms with Crippen LogP contribution in [0.15, 0.2) is 65.9 Å². The molecule has 0 unspecified atom stereocenters. The van der Waals surface area contributed by atoms with E-state index in [0.29, 0.717) is 29.2 Å². The molecule has 2 N–H and O–H groups in total. The summed E-state index contributed by atoms with van der Waals surface area (Å²) in [7, 11) is 0. The number of urea groups is 1. The summed E-state index contributed by atoms with van der Waals surface area (Å²) in [4.78, 5) is 24.8. The van der Waals surface area contributed by atoms with Crippen LogP contribution in [0.2, 0.25) is 0 Å². The molecule has 1 aliphatic rings. The van der Waals surface area contributed by atoms with Crippen molar-refractivity contribution in [3.8, 4) is 11.5 Å². The molecule has 0 saturated carbocycles. The molecule has 0 aliphatic carbocycles. The summed E-state index contributed by atoms with van der Waals surface area (Å²) in [5.74, 6) is 0.875. The van der Waals surface area contributed by atoms with Crippen LogP contribution >= 0.6 is 0 Å². The van der Waals surface area contributed by atoms with Crippen molar-refractivity contribution in [2.45, 2.75) is 39.3 Å². The quantitative estimate of drug-likeness (QED) is 0.726. The van der Waals surface area contributed by atoms with Crippen LogP contribution in [-0.4, -0.2) is 18.1 Å². The molecule has 0 fully saturated rings. The van der Waals surface area contributed by atoms with Crippen molar-refractivity contribution in [1.29, 1.82) is 0 Å². The van der Waals surface area contributed by atoms with E-state index in [1.807, 2.05) is 68.4 Å². The highest BCUT2D eigenvalue weighted by Gasteiger charge is 2.33. The number of hydrogen-bond acceptors (Lipinski definition) is 4. The number of rotatable bonds is 6. The molecular weight excluding hydrogens is 356 g/mol. The van der Waals surface area contributed by atoms with Gasteiger partial charge in [-0.1, -0.05) is 37.3 Å². The van der Waals surface area contributed by atoms with Gasteiger partial charge in [-0.15, -0.1) is 0 Å². The van der Waals surface area contributed by atoms with Gasteiger partial charge in [-0.25, -0.2) is 9.59 Å². The minimum absolute atomic E-state index is 0.209. The van der Waals surface area contributed by atoms with Gasteiger partial charge >= 0.3 is 12.0 Å². The lowest BCUT2D eigenvalue weighted by atomic mass is 9.95. The monoisotopic (exact) mass is 380 g/mol. The molecule has 28 heavy (non-hydrogen) atoms. The third-order valence-corrected chi connectivity index (χ3v) is 4.54. The summed E-state index contributed by atoms with van der Waals surface area (Å²) in [6.45, 7) is 5.48. The molecular formula is C22H24N2O4. The molecule has 1 aliphatic heterocycles. The van der Waals surface area contributed by atoms with Crippen molar-refractivity contribution in [3.05, 3.63) is 71.4 Å². The molecule has 146 valence electrons. The van der Waals surface area contributed by atoms with E-state index in [2.05, 4.69) is 10.6 Å². The fraction of sp³-hybridized carbons (Fsp3) is 0.273. The van der Waals surface area contributed by atoms with Crippen molar-refractivity contribution < 1.29 is 19.1 Å². The normalized spacial score (nSPS) is 17.4. The van der Waals surface area contributed by atoms with Crippen molar-refractivity contribution in [1.82, 2.24) is 10.6 Å². The van der Waals surface area contributed by atoms with E-state index < -0.39 is 12.0 Å². The van der Waals surface area contributed by atoms with E-state index in [1.54, 1.807) is 6.92 Å². The summed E-state index contributed by atoms with van der Waals surface area (Å²) >= 11 is 0. The highest BCUT2D eigenvalue weighted by molar-refractivity contribution is 5.95. The lowest BCUT2D eigenvalue weighted by molar-refractivity contribution is -0.144. The summed E-state index contributed by atoms with van der Waals surface area (Å²) < 4.78 is 11.4. The molecule has 2 aromatic rings. The number of allylic oxidation sites excluding steroid dienone is 1. The highest BCUT2D eigenvalue weighted by Crippen LogP contribution is 2.31. The second kappa shape index (κ2) is 8.61. The number of carbonyl (C=O) groups excluding carboxylic acids is 2. The minimum atomic E-state index is -0.621. The van der Waals surface area contributed by atoms with E-state index in [4.69, 9.17) is 9.47 Å². The number of ether oxygens (including phenoxy) is 2. The lowest BCUT2D eigenvalue weighted by Gasteiger charge is -2.29. The summed E-state index contributed by atoms with van der Waals surface area (Å²) in [6, 6.07) is 15.7. The van der Waals surface area contributed by atoms with E-state index in [-0.39, 0.29) is 12.1 Å². The van der Waals surface area contributed by atoms with Crippen LogP contribution in [0.3, 0.4) is 0 Å². The summed E-state index contributed by atoms with van der Waals surface area (Å²) in [5.41, 5.74) is 1.60. The van der Waals surface area contributed by atoms with E-state index in [1.165, 1.54) is 0 Å². The maximum atomic E-state index is 12.7. The Morgan fingerprint density at radius 3 is 2.54 bits per heavy atom. The molecule has 0 saturated heterocycles. The molecule has 6 nitrogen and oxygen atoms in total. The number of carbonyl (C=O) groups is 2. The second-order valence-corrected chi connectivity index (χ2v) is 6.68. The second-order valence-electron chi connectivity index (χ2n) is 6.68. The molecule has 2 aromatic carbocycles. The average Bonchev–Trinajstić information content (AvgIpc) is 2.68. The first-order chi connectivity index (χ1) is 13.5. The zero-order valence-corrected chi connectivity index (χ0v) is 16.2. The van der Waals surface area contributed by atoms with Crippen LogP contribution in [0.5, 0.6) is 11.5 Å². The zero-order chi connectivity index (χ0) is 20.1. The van der Waals surface area contributed by atoms with E-state index >= 15 is 0 Å². The summed E-state index contributed by atoms with van der Waals surface area (Å²) in [6.07, 6.45) is 0.502. The number of esters is 1. The Morgan fingerprint density at radius 1 is 1.11 bits per heavy atom. The maximum Gasteiger partial charge on any atom is 0.338 e. The Bertz CT molecular complexity index is 892. The molecule has 0 bridgehead atoms. The lowest BCUT2D eigenvalue weighted by Crippen LogP contribution is -2.45. The largest absolute Gasteiger partial charge is 0.459 e. The Morgan fingerprint density at radius 2 is 1.82 bits per heavy atom. The van der Waals surface area contributed by atoms with Gasteiger partial charge < -0.3 is 20.1 Å². The Kier molecular flexibility index (Phi) is 5.99. The van der Waals surface area contributed by atoms with Gasteiger partial charge in [0.1, 0.15) is 11.5 Å². The predicted octanol–water partition coefficient (Wildman–Crippen LogP) is 4.45. The molecule has 3 rings (SSSR count). The number of nitrogens with one attached hydrogen (secondary N) is 2. The van der Waals surface area contributed by atoms with Crippen LogP contribution in [0.1, 0.15) is 38.8 Å². The molecule has 0 radical (unpaired) electrons. The predicted molar refractivity (Wildman–Crippen MR) is 106 cm³/mol. The third kappa shape index (κ3) is 4.52. The van der Waals surface area contributed by atoms with Gasteiger partial charge in [0.2, 0.25) is 0 Å². The van der Waals surface area contributed by atoms with Crippen LogP contribution in [0.25, 0.3) is 0 Å². The molecule has 0 aromatic heterocycles. The van der Waals surface area contributed by atoms with Gasteiger partial charge in [0, 0.05) is 5.70 Å². The Balaban J connectivity index is 1.91. The van der Waals surface area contributed by atoms with Crippen molar-refractivity contribution >= 4 is 12.0 Å². The first-order valence-corrected chi connectivity index (χ1v) is 9.30. The number of hydrogen-bond donors (Lipinski definition) is 2.